The van der Waals surface area contributed by atoms with Gasteiger partial charge in [-0.25, -0.2) is 4.79 Å². The number of carbonyl (C=O) groups excluding carboxylic acids is 3. The van der Waals surface area contributed by atoms with E-state index in [0.29, 0.717) is 11.1 Å². The second kappa shape index (κ2) is 9.41. The topological polar surface area (TPSA) is 163 Å². The average molecular weight is 552 g/mol. The van der Waals surface area contributed by atoms with Gasteiger partial charge in [-0.2, -0.15) is 0 Å². The first-order valence-corrected chi connectivity index (χ1v) is 13.1. The molecule has 11 heteroatoms. The fraction of sp³-hybridized carbons (Fsp3) is 0.414. The number of phenolic OH excluding ortho intramolecular Hbond substituents is 1. The van der Waals surface area contributed by atoms with Crippen molar-refractivity contribution in [3.8, 4) is 11.5 Å². The summed E-state index contributed by atoms with van der Waals surface area (Å²) in [5, 5.41) is 41.4. The highest BCUT2D eigenvalue weighted by Crippen LogP contribution is 2.52. The van der Waals surface area contributed by atoms with Gasteiger partial charge in [0.2, 0.25) is 18.3 Å². The maximum atomic E-state index is 14.3. The number of aromatic hydroxyl groups is 1. The zero-order valence-corrected chi connectivity index (χ0v) is 22.0. The van der Waals surface area contributed by atoms with E-state index >= 15 is 0 Å². The molecule has 2 saturated heterocycles. The maximum absolute atomic E-state index is 14.3. The third kappa shape index (κ3) is 3.92. The van der Waals surface area contributed by atoms with Crippen LogP contribution in [0.2, 0.25) is 0 Å². The van der Waals surface area contributed by atoms with E-state index in [1.807, 2.05) is 0 Å². The van der Waals surface area contributed by atoms with Gasteiger partial charge in [0.1, 0.15) is 29.3 Å². The molecule has 4 N–H and O–H groups in total. The molecule has 11 nitrogen and oxygen atoms in total. The molecule has 0 aromatic heterocycles. The van der Waals surface area contributed by atoms with Crippen LogP contribution in [0, 0.1) is 6.92 Å². The molecule has 2 aromatic carbocycles. The number of phenols is 1. The number of carbonyl (C=O) groups is 3. The first-order chi connectivity index (χ1) is 19.0. The highest BCUT2D eigenvalue weighted by atomic mass is 16.7. The van der Waals surface area contributed by atoms with Gasteiger partial charge in [0.25, 0.3) is 0 Å². The number of hydrogen-bond acceptors (Lipinski definition) is 11. The van der Waals surface area contributed by atoms with Gasteiger partial charge >= 0.3 is 5.97 Å². The number of fused-ring (bicyclic) bond motifs is 6. The molecule has 2 fully saturated rings. The third-order valence-corrected chi connectivity index (χ3v) is 7.83. The fourth-order valence-electron chi connectivity index (χ4n) is 6.05. The minimum absolute atomic E-state index is 0.0252. The Morgan fingerprint density at radius 3 is 2.58 bits per heavy atom. The van der Waals surface area contributed by atoms with Gasteiger partial charge in [-0.05, 0) is 44.5 Å². The van der Waals surface area contributed by atoms with Gasteiger partial charge in [0.15, 0.2) is 5.78 Å². The number of allylic oxidation sites excluding steroid dienone is 2. The molecule has 2 aromatic rings. The van der Waals surface area contributed by atoms with Crippen LogP contribution >= 0.6 is 0 Å². The van der Waals surface area contributed by atoms with E-state index in [0.717, 1.165) is 0 Å². The molecule has 1 aliphatic carbocycles. The Kier molecular flexibility index (Phi) is 6.22. The predicted molar refractivity (Wildman–Crippen MR) is 137 cm³/mol. The van der Waals surface area contributed by atoms with Gasteiger partial charge in [0.05, 0.1) is 29.4 Å². The Hall–Kier alpha value is -3.77. The summed E-state index contributed by atoms with van der Waals surface area (Å²) in [6.45, 7) is 4.83. The van der Waals surface area contributed by atoms with Crippen LogP contribution in [-0.4, -0.2) is 79.6 Å². The van der Waals surface area contributed by atoms with E-state index in [1.54, 1.807) is 26.0 Å². The van der Waals surface area contributed by atoms with Crippen molar-refractivity contribution in [3.63, 3.8) is 0 Å². The number of esters is 1. The van der Waals surface area contributed by atoms with Crippen LogP contribution in [0.3, 0.4) is 0 Å². The summed E-state index contributed by atoms with van der Waals surface area (Å²) in [5.41, 5.74) is 0.926. The molecule has 3 aliphatic heterocycles. The molecule has 7 unspecified atom stereocenters. The van der Waals surface area contributed by atoms with E-state index in [-0.39, 0.29) is 52.3 Å². The first kappa shape index (κ1) is 26.5. The average Bonchev–Trinajstić information content (AvgIpc) is 3.20. The molecule has 4 aliphatic rings. The van der Waals surface area contributed by atoms with Crippen molar-refractivity contribution in [2.75, 3.05) is 0 Å². The molecule has 40 heavy (non-hydrogen) atoms. The van der Waals surface area contributed by atoms with E-state index in [2.05, 4.69) is 0 Å². The van der Waals surface area contributed by atoms with Crippen molar-refractivity contribution < 1.29 is 49.0 Å². The minimum Gasteiger partial charge on any atom is -0.507 e. The predicted octanol–water partition coefficient (Wildman–Crippen LogP) is 1.74. The second-order valence-electron chi connectivity index (χ2n) is 10.8. The summed E-state index contributed by atoms with van der Waals surface area (Å²) >= 11 is 0. The fourth-order valence-corrected chi connectivity index (χ4v) is 6.05. The smallest absolute Gasteiger partial charge is 0.331 e. The van der Waals surface area contributed by atoms with Crippen LogP contribution < -0.4 is 4.74 Å². The molecule has 7 atom stereocenters. The number of hydrogen-bond donors (Lipinski definition) is 4. The lowest BCUT2D eigenvalue weighted by molar-refractivity contribution is -0.216. The number of ether oxygens (including phenoxy) is 3. The monoisotopic (exact) mass is 551 g/mol. The van der Waals surface area contributed by atoms with Crippen LogP contribution in [0.5, 0.6) is 11.5 Å². The van der Waals surface area contributed by atoms with Crippen molar-refractivity contribution in [3.05, 3.63) is 63.8 Å². The second-order valence-corrected chi connectivity index (χ2v) is 10.8. The van der Waals surface area contributed by atoms with Crippen molar-refractivity contribution >= 4 is 23.1 Å². The van der Waals surface area contributed by atoms with E-state index < -0.39 is 60.5 Å². The molecular weight excluding hydrogens is 522 g/mol. The summed E-state index contributed by atoms with van der Waals surface area (Å²) in [5.74, 6) is -2.06. The molecule has 0 amide bonds. The van der Waals surface area contributed by atoms with E-state index in [9.17, 15) is 34.8 Å². The third-order valence-electron chi connectivity index (χ3n) is 7.83. The molecule has 0 bridgehead atoms. The van der Waals surface area contributed by atoms with Crippen molar-refractivity contribution in [2.24, 2.45) is 0 Å². The Labute approximate surface area is 229 Å². The van der Waals surface area contributed by atoms with Crippen LogP contribution in [-0.2, 0) is 14.3 Å². The summed E-state index contributed by atoms with van der Waals surface area (Å²) in [6, 6.07) is 6.62. The molecule has 210 valence electrons. The van der Waals surface area contributed by atoms with Gasteiger partial charge in [-0.1, -0.05) is 12.1 Å². The lowest BCUT2D eigenvalue weighted by Gasteiger charge is -2.39. The Bertz CT molecular complexity index is 1470. The number of aryl methyl sites for hydroxylation is 1. The highest BCUT2D eigenvalue weighted by molar-refractivity contribution is 6.41. The van der Waals surface area contributed by atoms with Crippen molar-refractivity contribution in [2.45, 2.75) is 76.6 Å². The zero-order valence-electron chi connectivity index (χ0n) is 22.0. The van der Waals surface area contributed by atoms with Crippen LogP contribution in [0.15, 0.2) is 36.0 Å². The van der Waals surface area contributed by atoms with Gasteiger partial charge in [0, 0.05) is 29.5 Å². The largest absolute Gasteiger partial charge is 0.507 e. The summed E-state index contributed by atoms with van der Waals surface area (Å²) in [4.78, 5) is 42.9. The molecule has 0 spiro atoms. The van der Waals surface area contributed by atoms with Crippen LogP contribution in [0.1, 0.15) is 70.3 Å². The lowest BCUT2D eigenvalue weighted by Crippen LogP contribution is -2.48. The van der Waals surface area contributed by atoms with Crippen LogP contribution in [0.25, 0.3) is 5.57 Å². The molecule has 6 rings (SSSR count). The van der Waals surface area contributed by atoms with Gasteiger partial charge in [-0.3, -0.25) is 9.59 Å². The number of rotatable bonds is 4. The summed E-state index contributed by atoms with van der Waals surface area (Å²) in [6.07, 6.45) is -6.11. The Morgan fingerprint density at radius 2 is 1.88 bits per heavy atom. The molecule has 0 saturated carbocycles. The van der Waals surface area contributed by atoms with Gasteiger partial charge in [-0.15, -0.1) is 0 Å². The quantitative estimate of drug-likeness (QED) is 0.409. The molecular formula is C29H29NO10. The Morgan fingerprint density at radius 1 is 1.12 bits per heavy atom. The number of aliphatic hydroxyl groups excluding tert-OH is 3. The standard InChI is InChI=1S/C29H29NO10/c1-11-7-15-21(17(32)8-11)23-24(30-16(9-12(2)31)29(37)40-28(15)30)27(36)22-14(26(23)35)5-4-6-19(22)39-20-10-18(33)25(34)13(3)38-20/h4-8,12-13,16,18,20,25,28,31-34H,9-10H2,1-3H3. The zero-order chi connectivity index (χ0) is 28.6. The minimum atomic E-state index is -1.11. The number of ketones is 2. The lowest BCUT2D eigenvalue weighted by atomic mass is 9.78. The molecule has 3 heterocycles. The number of aliphatic hydroxyl groups is 3. The van der Waals surface area contributed by atoms with E-state index in [1.165, 1.54) is 30.0 Å². The van der Waals surface area contributed by atoms with Crippen LogP contribution in [0.4, 0.5) is 0 Å². The summed E-state index contributed by atoms with van der Waals surface area (Å²) in [7, 11) is 0. The molecule has 0 radical (unpaired) electrons. The van der Waals surface area contributed by atoms with Crippen molar-refractivity contribution in [1.29, 1.82) is 0 Å². The first-order valence-electron chi connectivity index (χ1n) is 13.1. The Balaban J connectivity index is 1.51. The van der Waals surface area contributed by atoms with Crippen molar-refractivity contribution in [1.82, 2.24) is 4.90 Å². The highest BCUT2D eigenvalue weighted by Gasteiger charge is 2.54. The number of benzene rings is 2. The van der Waals surface area contributed by atoms with Gasteiger partial charge < -0.3 is 39.5 Å². The van der Waals surface area contributed by atoms with E-state index in [4.69, 9.17) is 14.2 Å². The SMILES string of the molecule is Cc1cc(O)c2c(c1)C1OC(=O)C(CC(C)O)N1C1=C2C(=O)c2cccc(OC3CC(O)C(O)C(C)O3)c2C1=O. The normalized spacial score (nSPS) is 29.9. The number of Topliss-reactive ketones (excluding diaryl/α,β-unsaturated/α-hetero) is 2. The maximum Gasteiger partial charge on any atom is 0.331 e. The number of nitrogens with zero attached hydrogens (tertiary/aromatic N) is 1. The summed E-state index contributed by atoms with van der Waals surface area (Å²) < 4.78 is 17.3.